The van der Waals surface area contributed by atoms with Crippen molar-refractivity contribution >= 4 is 21.6 Å². The molecule has 32 heavy (non-hydrogen) atoms. The van der Waals surface area contributed by atoms with Crippen molar-refractivity contribution in [3.05, 3.63) is 94.8 Å². The van der Waals surface area contributed by atoms with E-state index >= 15 is 0 Å². The normalized spacial score (nSPS) is 11.9. The van der Waals surface area contributed by atoms with Crippen molar-refractivity contribution in [1.29, 1.82) is 0 Å². The smallest absolute Gasteiger partial charge is 0.322 e. The summed E-state index contributed by atoms with van der Waals surface area (Å²) < 4.78 is 79.7. The first kappa shape index (κ1) is 23.4. The molecule has 0 heterocycles. The molecule has 0 fully saturated rings. The van der Waals surface area contributed by atoms with Crippen LogP contribution in [0.4, 0.5) is 23.2 Å². The predicted molar refractivity (Wildman–Crippen MR) is 111 cm³/mol. The molecule has 0 aliphatic carbocycles. The Morgan fingerprint density at radius 2 is 1.56 bits per heavy atom. The van der Waals surface area contributed by atoms with Gasteiger partial charge >= 0.3 is 6.18 Å². The zero-order chi connectivity index (χ0) is 23.5. The Balaban J connectivity index is 1.76. The lowest BCUT2D eigenvalue weighted by Crippen LogP contribution is -2.24. The molecule has 0 radical (unpaired) electrons. The van der Waals surface area contributed by atoms with Gasteiger partial charge in [0.1, 0.15) is 5.82 Å². The van der Waals surface area contributed by atoms with E-state index in [4.69, 9.17) is 0 Å². The van der Waals surface area contributed by atoms with Gasteiger partial charge in [0.05, 0.1) is 16.0 Å². The number of halogens is 4. The highest BCUT2D eigenvalue weighted by Gasteiger charge is 2.30. The van der Waals surface area contributed by atoms with E-state index in [-0.39, 0.29) is 17.1 Å². The fourth-order valence-corrected chi connectivity index (χ4v) is 3.80. The summed E-state index contributed by atoms with van der Waals surface area (Å²) in [4.78, 5) is 12.1. The number of aryl methyl sites for hydroxylation is 1. The minimum atomic E-state index is -4.54. The van der Waals surface area contributed by atoms with Gasteiger partial charge in [0.25, 0.3) is 5.91 Å². The third-order valence-electron chi connectivity index (χ3n) is 4.55. The van der Waals surface area contributed by atoms with Crippen molar-refractivity contribution in [2.75, 3.05) is 5.32 Å². The van der Waals surface area contributed by atoms with Crippen molar-refractivity contribution in [3.8, 4) is 0 Å². The van der Waals surface area contributed by atoms with Crippen LogP contribution < -0.4 is 10.0 Å². The van der Waals surface area contributed by atoms with Gasteiger partial charge in [0.15, 0.2) is 0 Å². The van der Waals surface area contributed by atoms with Crippen LogP contribution >= 0.6 is 0 Å². The molecule has 0 aliphatic rings. The van der Waals surface area contributed by atoms with Gasteiger partial charge in [0, 0.05) is 12.2 Å². The van der Waals surface area contributed by atoms with E-state index in [9.17, 15) is 30.8 Å². The first-order chi connectivity index (χ1) is 15.0. The Kier molecular flexibility index (Phi) is 6.65. The molecule has 0 unspecified atom stereocenters. The molecule has 5 nitrogen and oxygen atoms in total. The number of anilines is 1. The largest absolute Gasteiger partial charge is 0.416 e. The van der Waals surface area contributed by atoms with Gasteiger partial charge in [-0.3, -0.25) is 4.79 Å². The SMILES string of the molecule is Cc1ccc(CNS(=O)(=O)c2ccc(F)c(C(=O)Nc3ccc(C(F)(F)F)cc3)c2)cc1. The molecule has 2 N–H and O–H groups in total. The quantitative estimate of drug-likeness (QED) is 0.509. The predicted octanol–water partition coefficient (Wildman–Crippen LogP) is 4.88. The highest BCUT2D eigenvalue weighted by atomic mass is 32.2. The summed E-state index contributed by atoms with van der Waals surface area (Å²) in [6.07, 6.45) is -4.54. The molecule has 0 aliphatic heterocycles. The first-order valence-electron chi connectivity index (χ1n) is 9.29. The number of carbonyl (C=O) groups excluding carboxylic acids is 1. The maximum atomic E-state index is 14.2. The number of rotatable bonds is 6. The number of hydrogen-bond acceptors (Lipinski definition) is 3. The number of amides is 1. The van der Waals surface area contributed by atoms with Crippen LogP contribution in [-0.4, -0.2) is 14.3 Å². The lowest BCUT2D eigenvalue weighted by molar-refractivity contribution is -0.137. The molecular weight excluding hydrogens is 448 g/mol. The van der Waals surface area contributed by atoms with Crippen LogP contribution in [0.15, 0.2) is 71.6 Å². The van der Waals surface area contributed by atoms with E-state index in [1.807, 2.05) is 19.1 Å². The second-order valence-electron chi connectivity index (χ2n) is 6.98. The average molecular weight is 466 g/mol. The Labute approximate surface area is 182 Å². The molecule has 0 aromatic heterocycles. The first-order valence-corrected chi connectivity index (χ1v) is 10.8. The molecule has 0 atom stereocenters. The zero-order valence-electron chi connectivity index (χ0n) is 16.7. The number of hydrogen-bond donors (Lipinski definition) is 2. The third kappa shape index (κ3) is 5.71. The van der Waals surface area contributed by atoms with Crippen LogP contribution in [0, 0.1) is 12.7 Å². The van der Waals surface area contributed by atoms with E-state index in [2.05, 4.69) is 10.0 Å². The van der Waals surface area contributed by atoms with Gasteiger partial charge < -0.3 is 5.32 Å². The summed E-state index contributed by atoms with van der Waals surface area (Å²) in [7, 11) is -4.06. The maximum absolute atomic E-state index is 14.2. The van der Waals surface area contributed by atoms with Gasteiger partial charge in [-0.05, 0) is 55.0 Å². The summed E-state index contributed by atoms with van der Waals surface area (Å²) in [5.41, 5.74) is 0.242. The summed E-state index contributed by atoms with van der Waals surface area (Å²) >= 11 is 0. The molecule has 0 saturated heterocycles. The molecule has 3 aromatic carbocycles. The lowest BCUT2D eigenvalue weighted by Gasteiger charge is -2.11. The molecule has 0 saturated carbocycles. The van der Waals surface area contributed by atoms with Crippen LogP contribution in [0.1, 0.15) is 27.0 Å². The van der Waals surface area contributed by atoms with Gasteiger partial charge in [0.2, 0.25) is 10.0 Å². The van der Waals surface area contributed by atoms with E-state index in [1.54, 1.807) is 12.1 Å². The second kappa shape index (κ2) is 9.09. The van der Waals surface area contributed by atoms with Crippen LogP contribution in [0.2, 0.25) is 0 Å². The molecule has 3 aromatic rings. The van der Waals surface area contributed by atoms with Crippen molar-refractivity contribution < 1.29 is 30.8 Å². The number of nitrogens with one attached hydrogen (secondary N) is 2. The van der Waals surface area contributed by atoms with Crippen molar-refractivity contribution in [2.24, 2.45) is 0 Å². The highest BCUT2D eigenvalue weighted by Crippen LogP contribution is 2.30. The summed E-state index contributed by atoms with van der Waals surface area (Å²) in [5, 5.41) is 2.26. The Hall–Kier alpha value is -3.24. The van der Waals surface area contributed by atoms with Gasteiger partial charge in [-0.1, -0.05) is 29.8 Å². The molecule has 168 valence electrons. The number of benzene rings is 3. The van der Waals surface area contributed by atoms with Crippen LogP contribution in [0.25, 0.3) is 0 Å². The highest BCUT2D eigenvalue weighted by molar-refractivity contribution is 7.89. The van der Waals surface area contributed by atoms with E-state index < -0.39 is 39.1 Å². The minimum Gasteiger partial charge on any atom is -0.322 e. The van der Waals surface area contributed by atoms with Crippen LogP contribution in [0.5, 0.6) is 0 Å². The molecule has 0 bridgehead atoms. The summed E-state index contributed by atoms with van der Waals surface area (Å²) in [5.74, 6) is -1.98. The van der Waals surface area contributed by atoms with Crippen LogP contribution in [-0.2, 0) is 22.7 Å². The molecule has 0 spiro atoms. The minimum absolute atomic E-state index is 0.00634. The lowest BCUT2D eigenvalue weighted by atomic mass is 10.1. The van der Waals surface area contributed by atoms with Gasteiger partial charge in [-0.15, -0.1) is 0 Å². The molecule has 10 heteroatoms. The topological polar surface area (TPSA) is 75.3 Å². The summed E-state index contributed by atoms with van der Waals surface area (Å²) in [6, 6.07) is 13.4. The van der Waals surface area contributed by atoms with Crippen molar-refractivity contribution in [2.45, 2.75) is 24.5 Å². The monoisotopic (exact) mass is 466 g/mol. The number of sulfonamides is 1. The van der Waals surface area contributed by atoms with Crippen LogP contribution in [0.3, 0.4) is 0 Å². The van der Waals surface area contributed by atoms with Gasteiger partial charge in [-0.25, -0.2) is 17.5 Å². The Bertz CT molecular complexity index is 1220. The second-order valence-corrected chi connectivity index (χ2v) is 8.75. The average Bonchev–Trinajstić information content (AvgIpc) is 2.73. The summed E-state index contributed by atoms with van der Waals surface area (Å²) in [6.45, 7) is 1.89. The maximum Gasteiger partial charge on any atom is 0.416 e. The molecule has 3 rings (SSSR count). The fraction of sp³-hybridized carbons (Fsp3) is 0.136. The van der Waals surface area contributed by atoms with Gasteiger partial charge in [-0.2, -0.15) is 13.2 Å². The number of carbonyl (C=O) groups is 1. The zero-order valence-corrected chi connectivity index (χ0v) is 17.5. The Morgan fingerprint density at radius 1 is 0.938 bits per heavy atom. The van der Waals surface area contributed by atoms with Crippen molar-refractivity contribution in [3.63, 3.8) is 0 Å². The fourth-order valence-electron chi connectivity index (χ4n) is 2.75. The van der Waals surface area contributed by atoms with E-state index in [0.717, 1.165) is 48.0 Å². The van der Waals surface area contributed by atoms with E-state index in [1.165, 1.54) is 0 Å². The Morgan fingerprint density at radius 3 is 2.16 bits per heavy atom. The standard InChI is InChI=1S/C22H18F4N2O3S/c1-14-2-4-15(5-3-14)13-27-32(30,31)18-10-11-20(23)19(12-18)21(29)28-17-8-6-16(7-9-17)22(24,25)26/h2-12,27H,13H2,1H3,(H,28,29). The van der Waals surface area contributed by atoms with Crippen molar-refractivity contribution in [1.82, 2.24) is 4.72 Å². The third-order valence-corrected chi connectivity index (χ3v) is 5.95. The number of alkyl halides is 3. The van der Waals surface area contributed by atoms with E-state index in [0.29, 0.717) is 5.56 Å². The molecule has 1 amide bonds. The molecular formula is C22H18F4N2O3S.